The van der Waals surface area contributed by atoms with Gasteiger partial charge < -0.3 is 20.1 Å². The highest BCUT2D eigenvalue weighted by atomic mass is 35.5. The van der Waals surface area contributed by atoms with E-state index in [1.54, 1.807) is 0 Å². The summed E-state index contributed by atoms with van der Waals surface area (Å²) < 4.78 is 48.8. The number of piperazine rings is 1. The molecule has 1 atom stereocenters. The van der Waals surface area contributed by atoms with Crippen LogP contribution in [-0.4, -0.2) is 82.7 Å². The SMILES string of the molecule is COCCOCC(=O)NCC(N1CCNCC1)C(F)(F)F.Cl. The molecule has 1 rings (SSSR count). The number of carbonyl (C=O) groups excluding carboxylic acids is 1. The van der Waals surface area contributed by atoms with Crippen molar-refractivity contribution in [3.63, 3.8) is 0 Å². The van der Waals surface area contributed by atoms with Gasteiger partial charge >= 0.3 is 6.18 Å². The molecule has 0 aromatic rings. The van der Waals surface area contributed by atoms with E-state index in [1.165, 1.54) is 12.0 Å². The molecule has 0 aliphatic carbocycles. The smallest absolute Gasteiger partial charge is 0.382 e. The highest BCUT2D eigenvalue weighted by Gasteiger charge is 2.43. The van der Waals surface area contributed by atoms with Gasteiger partial charge in [0, 0.05) is 39.8 Å². The van der Waals surface area contributed by atoms with E-state index in [1.807, 2.05) is 0 Å². The number of nitrogens with one attached hydrogen (secondary N) is 2. The standard InChI is InChI=1S/C12H22F3N3O3.ClH/c1-20-6-7-21-9-11(19)17-8-10(12(13,14)15)18-4-2-16-3-5-18;/h10,16H,2-9H2,1H3,(H,17,19);1H. The van der Waals surface area contributed by atoms with Crippen LogP contribution in [0.3, 0.4) is 0 Å². The Bertz CT molecular complexity index is 316. The summed E-state index contributed by atoms with van der Waals surface area (Å²) in [5.74, 6) is -0.560. The zero-order chi connectivity index (χ0) is 15.7. The first-order chi connectivity index (χ1) is 9.95. The Hall–Kier alpha value is -0.610. The van der Waals surface area contributed by atoms with Gasteiger partial charge in [-0.1, -0.05) is 0 Å². The number of amides is 1. The Morgan fingerprint density at radius 3 is 2.50 bits per heavy atom. The van der Waals surface area contributed by atoms with Crippen LogP contribution in [0.4, 0.5) is 13.2 Å². The molecule has 2 N–H and O–H groups in total. The van der Waals surface area contributed by atoms with Crippen LogP contribution in [0.25, 0.3) is 0 Å². The Balaban J connectivity index is 0.00000441. The molecule has 6 nitrogen and oxygen atoms in total. The van der Waals surface area contributed by atoms with Crippen molar-refractivity contribution >= 4 is 18.3 Å². The number of rotatable bonds is 8. The van der Waals surface area contributed by atoms with E-state index in [2.05, 4.69) is 10.6 Å². The van der Waals surface area contributed by atoms with Crippen molar-refractivity contribution in [1.29, 1.82) is 0 Å². The number of hydrogen-bond acceptors (Lipinski definition) is 5. The average molecular weight is 350 g/mol. The topological polar surface area (TPSA) is 62.8 Å². The second-order valence-electron chi connectivity index (χ2n) is 4.69. The summed E-state index contributed by atoms with van der Waals surface area (Å²) in [6, 6.07) is -1.66. The minimum atomic E-state index is -4.37. The monoisotopic (exact) mass is 349 g/mol. The van der Waals surface area contributed by atoms with E-state index in [9.17, 15) is 18.0 Å². The molecule has 0 radical (unpaired) electrons. The third-order valence-corrected chi connectivity index (χ3v) is 3.13. The molecule has 0 aromatic heterocycles. The van der Waals surface area contributed by atoms with Gasteiger partial charge in [0.25, 0.3) is 0 Å². The molecule has 0 spiro atoms. The summed E-state index contributed by atoms with van der Waals surface area (Å²) in [4.78, 5) is 12.8. The predicted octanol–water partition coefficient (Wildman–Crippen LogP) is 0.0235. The molecule has 22 heavy (non-hydrogen) atoms. The molecule has 1 fully saturated rings. The fourth-order valence-corrected chi connectivity index (χ4v) is 2.01. The van der Waals surface area contributed by atoms with Crippen LogP contribution in [-0.2, 0) is 14.3 Å². The first-order valence-corrected chi connectivity index (χ1v) is 6.80. The van der Waals surface area contributed by atoms with Gasteiger partial charge in [-0.3, -0.25) is 9.69 Å². The van der Waals surface area contributed by atoms with Crippen LogP contribution in [0.2, 0.25) is 0 Å². The number of ether oxygens (including phenoxy) is 2. The van der Waals surface area contributed by atoms with Crippen molar-refractivity contribution in [2.45, 2.75) is 12.2 Å². The number of methoxy groups -OCH3 is 1. The lowest BCUT2D eigenvalue weighted by Crippen LogP contribution is -2.57. The summed E-state index contributed by atoms with van der Waals surface area (Å²) in [7, 11) is 1.49. The molecule has 1 unspecified atom stereocenters. The summed E-state index contributed by atoms with van der Waals surface area (Å²) in [6.07, 6.45) is -4.37. The maximum absolute atomic E-state index is 13.0. The summed E-state index contributed by atoms with van der Waals surface area (Å²) >= 11 is 0. The highest BCUT2D eigenvalue weighted by molar-refractivity contribution is 5.85. The van der Waals surface area contributed by atoms with Gasteiger partial charge in [-0.05, 0) is 0 Å². The normalized spacial score (nSPS) is 17.6. The Labute approximate surface area is 134 Å². The van der Waals surface area contributed by atoms with Crippen molar-refractivity contribution in [2.24, 2.45) is 0 Å². The van der Waals surface area contributed by atoms with Crippen LogP contribution >= 0.6 is 12.4 Å². The van der Waals surface area contributed by atoms with Crippen molar-refractivity contribution in [3.8, 4) is 0 Å². The van der Waals surface area contributed by atoms with E-state index in [0.29, 0.717) is 32.8 Å². The van der Waals surface area contributed by atoms with Gasteiger partial charge in [0.1, 0.15) is 12.6 Å². The molecule has 0 bridgehead atoms. The molecule has 10 heteroatoms. The van der Waals surface area contributed by atoms with Crippen molar-refractivity contribution in [3.05, 3.63) is 0 Å². The summed E-state index contributed by atoms with van der Waals surface area (Å²) in [5.41, 5.74) is 0. The quantitative estimate of drug-likeness (QED) is 0.605. The number of halogens is 4. The molecule has 1 aliphatic rings. The molecule has 0 aromatic carbocycles. The van der Waals surface area contributed by atoms with E-state index >= 15 is 0 Å². The zero-order valence-corrected chi connectivity index (χ0v) is 13.3. The highest BCUT2D eigenvalue weighted by Crippen LogP contribution is 2.24. The predicted molar refractivity (Wildman–Crippen MR) is 77.2 cm³/mol. The maximum atomic E-state index is 13.0. The lowest BCUT2D eigenvalue weighted by atomic mass is 10.2. The number of carbonyl (C=O) groups is 1. The van der Waals surface area contributed by atoms with Crippen LogP contribution in [0.15, 0.2) is 0 Å². The Morgan fingerprint density at radius 1 is 1.32 bits per heavy atom. The minimum Gasteiger partial charge on any atom is -0.382 e. The van der Waals surface area contributed by atoms with Gasteiger partial charge in [0.05, 0.1) is 13.2 Å². The zero-order valence-electron chi connectivity index (χ0n) is 12.4. The average Bonchev–Trinajstić information content (AvgIpc) is 2.43. The lowest BCUT2D eigenvalue weighted by molar-refractivity contribution is -0.184. The summed E-state index contributed by atoms with van der Waals surface area (Å²) in [5, 5.41) is 5.27. The fourth-order valence-electron chi connectivity index (χ4n) is 2.01. The van der Waals surface area contributed by atoms with E-state index in [-0.39, 0.29) is 25.6 Å². The van der Waals surface area contributed by atoms with Gasteiger partial charge in [-0.25, -0.2) is 0 Å². The number of nitrogens with zero attached hydrogens (tertiary/aromatic N) is 1. The number of hydrogen-bond donors (Lipinski definition) is 2. The molecule has 1 aliphatic heterocycles. The fraction of sp³-hybridized carbons (Fsp3) is 0.917. The van der Waals surface area contributed by atoms with Crippen LogP contribution in [0, 0.1) is 0 Å². The molecule has 132 valence electrons. The van der Waals surface area contributed by atoms with E-state index in [0.717, 1.165) is 0 Å². The van der Waals surface area contributed by atoms with Crippen molar-refractivity contribution in [1.82, 2.24) is 15.5 Å². The second-order valence-corrected chi connectivity index (χ2v) is 4.69. The molecular formula is C12H23ClF3N3O3. The van der Waals surface area contributed by atoms with Gasteiger partial charge in [-0.15, -0.1) is 12.4 Å². The molecule has 0 saturated carbocycles. The maximum Gasteiger partial charge on any atom is 0.405 e. The molecule has 1 amide bonds. The van der Waals surface area contributed by atoms with Crippen molar-refractivity contribution in [2.75, 3.05) is 59.7 Å². The largest absolute Gasteiger partial charge is 0.405 e. The van der Waals surface area contributed by atoms with Crippen LogP contribution in [0.5, 0.6) is 0 Å². The molecule has 1 saturated heterocycles. The third-order valence-electron chi connectivity index (χ3n) is 3.13. The summed E-state index contributed by atoms with van der Waals surface area (Å²) in [6.45, 7) is 1.48. The van der Waals surface area contributed by atoms with Gasteiger partial charge in [-0.2, -0.15) is 13.2 Å². The van der Waals surface area contributed by atoms with Crippen LogP contribution in [0.1, 0.15) is 0 Å². The van der Waals surface area contributed by atoms with Gasteiger partial charge in [0.15, 0.2) is 0 Å². The third kappa shape index (κ3) is 8.14. The van der Waals surface area contributed by atoms with Crippen LogP contribution < -0.4 is 10.6 Å². The Morgan fingerprint density at radius 2 is 1.95 bits per heavy atom. The van der Waals surface area contributed by atoms with Crippen molar-refractivity contribution < 1.29 is 27.4 Å². The van der Waals surface area contributed by atoms with Gasteiger partial charge in [0.2, 0.25) is 5.91 Å². The van der Waals surface area contributed by atoms with E-state index < -0.39 is 24.7 Å². The first-order valence-electron chi connectivity index (χ1n) is 6.80. The Kier molecular flexibility index (Phi) is 10.7. The first kappa shape index (κ1) is 21.4. The van der Waals surface area contributed by atoms with E-state index in [4.69, 9.17) is 9.47 Å². The second kappa shape index (κ2) is 11.0. The number of alkyl halides is 3. The molecular weight excluding hydrogens is 327 g/mol. The lowest BCUT2D eigenvalue weighted by Gasteiger charge is -2.35. The minimum absolute atomic E-state index is 0. The molecule has 1 heterocycles.